The number of hydrogen-bond acceptors (Lipinski definition) is 9. The monoisotopic (exact) mass is 706 g/mol. The zero-order chi connectivity index (χ0) is 36.9. The zero-order valence-electron chi connectivity index (χ0n) is 26.0. The van der Waals surface area contributed by atoms with Gasteiger partial charge in [0.15, 0.2) is 5.65 Å². The normalized spacial score (nSPS) is 11.9. The number of aryl methyl sites for hydroxylation is 1. The van der Waals surface area contributed by atoms with E-state index >= 15 is 0 Å². The third-order valence-corrected chi connectivity index (χ3v) is 6.84. The molecule has 4 rings (SSSR count). The number of nitrogens with two attached hydrogens (primary N) is 1. The number of methoxy groups -OCH3 is 1. The maximum Gasteiger partial charge on any atom is 0.490 e. The molecule has 0 bridgehead atoms. The molecule has 0 amide bonds. The summed E-state index contributed by atoms with van der Waals surface area (Å²) in [7, 11) is 5.27. The molecule has 0 saturated heterocycles. The van der Waals surface area contributed by atoms with Gasteiger partial charge >= 0.3 is 24.3 Å². The van der Waals surface area contributed by atoms with Crippen molar-refractivity contribution in [2.45, 2.75) is 39.2 Å². The largest absolute Gasteiger partial charge is 0.496 e. The van der Waals surface area contributed by atoms with Gasteiger partial charge in [0.2, 0.25) is 0 Å². The van der Waals surface area contributed by atoms with Gasteiger partial charge in [0, 0.05) is 42.0 Å². The molecule has 0 saturated carbocycles. The van der Waals surface area contributed by atoms with Crippen LogP contribution in [0.2, 0.25) is 5.02 Å². The van der Waals surface area contributed by atoms with Crippen LogP contribution in [-0.4, -0.2) is 91.2 Å². The van der Waals surface area contributed by atoms with Gasteiger partial charge < -0.3 is 25.6 Å². The van der Waals surface area contributed by atoms with Gasteiger partial charge in [-0.25, -0.2) is 24.2 Å². The third-order valence-electron chi connectivity index (χ3n) is 6.45. The first kappa shape index (κ1) is 39.0. The quantitative estimate of drug-likeness (QED) is 0.116. The number of nitrogens with zero attached hydrogens (tertiary/aromatic N) is 6. The Kier molecular flexibility index (Phi) is 12.3. The Morgan fingerprint density at radius 2 is 1.58 bits per heavy atom. The fourth-order valence-electron chi connectivity index (χ4n) is 4.10. The molecule has 1 atom stereocenters. The van der Waals surface area contributed by atoms with E-state index in [1.807, 2.05) is 57.7 Å². The average Bonchev–Trinajstić information content (AvgIpc) is 3.34. The summed E-state index contributed by atoms with van der Waals surface area (Å²) in [6.45, 7) is 5.84. The van der Waals surface area contributed by atoms with E-state index in [0.717, 1.165) is 33.3 Å². The number of aliphatic carboxylic acids is 2. The number of nitrogen functional groups attached to an aromatic ring is 1. The minimum absolute atomic E-state index is 0.258. The number of carboxylic acid groups (broad SMARTS) is 2. The predicted octanol–water partition coefficient (Wildman–Crippen LogP) is 5.51. The van der Waals surface area contributed by atoms with Crippen molar-refractivity contribution >= 4 is 46.2 Å². The van der Waals surface area contributed by atoms with Crippen molar-refractivity contribution in [2.24, 2.45) is 0 Å². The maximum absolute atomic E-state index is 10.6. The van der Waals surface area contributed by atoms with Gasteiger partial charge in [0.1, 0.15) is 29.4 Å². The van der Waals surface area contributed by atoms with Crippen LogP contribution in [0.25, 0.3) is 22.2 Å². The van der Waals surface area contributed by atoms with Crippen molar-refractivity contribution in [3.8, 4) is 16.9 Å². The molecule has 0 radical (unpaired) electrons. The first-order valence-electron chi connectivity index (χ1n) is 13.2. The highest BCUT2D eigenvalue weighted by molar-refractivity contribution is 6.32. The van der Waals surface area contributed by atoms with Crippen LogP contribution in [0.3, 0.4) is 0 Å². The van der Waals surface area contributed by atoms with Gasteiger partial charge in [-0.2, -0.15) is 31.4 Å². The van der Waals surface area contributed by atoms with Gasteiger partial charge in [-0.3, -0.25) is 10.4 Å². The fraction of sp³-hybridized carbons (Fsp3) is 0.321. The molecule has 260 valence electrons. The van der Waals surface area contributed by atoms with Crippen LogP contribution in [-0.2, 0) is 9.59 Å². The molecule has 3 aromatic heterocycles. The molecular formula is C28H29ClF6N8O5. The van der Waals surface area contributed by atoms with Gasteiger partial charge in [-0.15, -0.1) is 0 Å². The molecule has 3 heterocycles. The fourth-order valence-corrected chi connectivity index (χ4v) is 4.32. The molecule has 0 fully saturated rings. The smallest absolute Gasteiger partial charge is 0.490 e. The number of ether oxygens (including phenoxy) is 1. The van der Waals surface area contributed by atoms with Gasteiger partial charge in [-0.05, 0) is 38.5 Å². The summed E-state index contributed by atoms with van der Waals surface area (Å²) in [6, 6.07) is 5.40. The molecule has 0 spiro atoms. The van der Waals surface area contributed by atoms with Crippen LogP contribution in [0.15, 0.2) is 30.7 Å². The number of carboxylic acids is 2. The Morgan fingerprint density at radius 1 is 1.04 bits per heavy atom. The molecule has 4 aromatic rings. The summed E-state index contributed by atoms with van der Waals surface area (Å²) < 4.78 is 71.2. The lowest BCUT2D eigenvalue weighted by molar-refractivity contribution is -0.193. The topological polar surface area (TPSA) is 193 Å². The summed E-state index contributed by atoms with van der Waals surface area (Å²) in [5, 5.41) is 28.5. The van der Waals surface area contributed by atoms with E-state index < -0.39 is 24.3 Å². The lowest BCUT2D eigenvalue weighted by atomic mass is 9.94. The van der Waals surface area contributed by atoms with E-state index in [9.17, 15) is 26.3 Å². The molecule has 0 aliphatic rings. The van der Waals surface area contributed by atoms with Crippen molar-refractivity contribution in [1.82, 2.24) is 29.6 Å². The van der Waals surface area contributed by atoms with E-state index in [1.54, 1.807) is 18.2 Å². The highest BCUT2D eigenvalue weighted by atomic mass is 35.5. The van der Waals surface area contributed by atoms with E-state index in [2.05, 4.69) is 15.0 Å². The number of amidine groups is 1. The van der Waals surface area contributed by atoms with Crippen molar-refractivity contribution in [3.63, 3.8) is 0 Å². The molecule has 1 unspecified atom stereocenters. The molecule has 48 heavy (non-hydrogen) atoms. The molecule has 0 aliphatic carbocycles. The molecule has 1 aromatic carbocycles. The van der Waals surface area contributed by atoms with E-state index in [4.69, 9.17) is 52.4 Å². The Labute approximate surface area is 273 Å². The van der Waals surface area contributed by atoms with E-state index in [0.29, 0.717) is 33.8 Å². The van der Waals surface area contributed by atoms with Gasteiger partial charge in [-0.1, -0.05) is 17.7 Å². The number of benzene rings is 1. The predicted molar refractivity (Wildman–Crippen MR) is 162 cm³/mol. The number of aromatic nitrogens is 5. The van der Waals surface area contributed by atoms with Crippen molar-refractivity contribution in [2.75, 3.05) is 26.9 Å². The number of fused-ring (bicyclic) bond motifs is 1. The highest BCUT2D eigenvalue weighted by Crippen LogP contribution is 2.43. The minimum Gasteiger partial charge on any atom is -0.496 e. The Morgan fingerprint density at radius 3 is 2.02 bits per heavy atom. The van der Waals surface area contributed by atoms with Crippen LogP contribution in [0, 0.1) is 19.3 Å². The second kappa shape index (κ2) is 15.1. The lowest BCUT2D eigenvalue weighted by Gasteiger charge is -2.22. The summed E-state index contributed by atoms with van der Waals surface area (Å²) in [5.74, 6) is -4.11. The summed E-state index contributed by atoms with van der Waals surface area (Å²) in [4.78, 5) is 32.5. The van der Waals surface area contributed by atoms with Crippen LogP contribution in [0.5, 0.6) is 5.75 Å². The third kappa shape index (κ3) is 8.99. The number of hydrogen-bond donors (Lipinski definition) is 4. The van der Waals surface area contributed by atoms with Gasteiger partial charge in [0.05, 0.1) is 24.2 Å². The van der Waals surface area contributed by atoms with E-state index in [-0.39, 0.29) is 6.04 Å². The number of carbonyl (C=O) groups is 2. The minimum atomic E-state index is -5.08. The van der Waals surface area contributed by atoms with Crippen LogP contribution < -0.4 is 10.5 Å². The average molecular weight is 707 g/mol. The van der Waals surface area contributed by atoms with Crippen molar-refractivity contribution in [1.29, 1.82) is 5.41 Å². The zero-order valence-corrected chi connectivity index (χ0v) is 26.7. The summed E-state index contributed by atoms with van der Waals surface area (Å²) in [5.41, 5.74) is 11.5. The highest BCUT2D eigenvalue weighted by Gasteiger charge is 2.39. The van der Waals surface area contributed by atoms with E-state index in [1.165, 1.54) is 6.33 Å². The molecule has 0 aliphatic heterocycles. The number of nitrogens with one attached hydrogen (secondary N) is 1. The maximum atomic E-state index is 10.6. The Hall–Kier alpha value is -5.20. The molecular weight excluding hydrogens is 678 g/mol. The number of alkyl halides is 6. The number of anilines is 1. The lowest BCUT2D eigenvalue weighted by Crippen LogP contribution is -2.22. The molecule has 13 nitrogen and oxygen atoms in total. The number of halogens is 7. The van der Waals surface area contributed by atoms with Crippen LogP contribution in [0.4, 0.5) is 32.2 Å². The second-order valence-corrected chi connectivity index (χ2v) is 10.3. The summed E-state index contributed by atoms with van der Waals surface area (Å²) >= 11 is 6.71. The second-order valence-electron chi connectivity index (χ2n) is 9.93. The first-order valence-corrected chi connectivity index (χ1v) is 13.6. The molecule has 20 heteroatoms. The Bertz CT molecular complexity index is 1790. The van der Waals surface area contributed by atoms with Crippen LogP contribution in [0.1, 0.15) is 35.5 Å². The summed E-state index contributed by atoms with van der Waals surface area (Å²) in [6.07, 6.45) is -6.99. The van der Waals surface area contributed by atoms with Crippen molar-refractivity contribution in [3.05, 3.63) is 58.3 Å². The molecule has 5 N–H and O–H groups in total. The van der Waals surface area contributed by atoms with Gasteiger partial charge in [0.25, 0.3) is 0 Å². The SMILES string of the molecule is COc1c(C(C)n2nc(C)c3c(N)ncnc32)cc(Cl)c(C)c1-c1ccc(C(=N)N(C)C)nc1.O=C(O)C(F)(F)F.O=C(O)C(F)(F)F. The van der Waals surface area contributed by atoms with Crippen molar-refractivity contribution < 1.29 is 50.9 Å². The number of rotatable bonds is 5. The number of pyridine rings is 1. The Balaban J connectivity index is 0.000000479. The first-order chi connectivity index (χ1) is 22.0. The van der Waals surface area contributed by atoms with Crippen LogP contribution >= 0.6 is 11.6 Å². The standard InChI is InChI=1S/C24H27ClN8O.2C2HF3O2/c1-12-17(25)9-16(14(3)33-24-20(13(2)31-33)22(26)29-11-30-24)21(34-6)19(12)15-7-8-18(28-10-15)23(27)32(4)5;2*3-2(4,5)1(6)7/h7-11,14,27H,1-6H3,(H2,26,29,30);2*(H,6,7).